The van der Waals surface area contributed by atoms with Crippen LogP contribution in [0.5, 0.6) is 0 Å². The van der Waals surface area contributed by atoms with Crippen molar-refractivity contribution in [3.63, 3.8) is 0 Å². The summed E-state index contributed by atoms with van der Waals surface area (Å²) in [4.78, 5) is 37.7. The molecule has 0 aromatic heterocycles. The second kappa shape index (κ2) is 9.49. The third kappa shape index (κ3) is 5.39. The number of rotatable bonds is 8. The number of aliphatic carboxylic acids is 1. The Hall–Kier alpha value is -3.19. The van der Waals surface area contributed by atoms with Crippen LogP contribution in [0.1, 0.15) is 12.0 Å². The van der Waals surface area contributed by atoms with Crippen LogP contribution in [0, 0.1) is 0 Å². The van der Waals surface area contributed by atoms with E-state index in [0.29, 0.717) is 5.69 Å². The molecule has 7 nitrogen and oxygen atoms in total. The van der Waals surface area contributed by atoms with Crippen LogP contribution < -0.4 is 10.6 Å². The summed E-state index contributed by atoms with van der Waals surface area (Å²) in [5, 5.41) is 8.97. The van der Waals surface area contributed by atoms with Crippen molar-refractivity contribution in [1.82, 2.24) is 0 Å². The standard InChI is InChI=1S/C20H22N2O5/c1-27-20(26)17(12-14-8-4-2-5-9-14)22(15-10-6-3-7-11-15)19(25)16(21)13-18(23)24/h2-11,16-17H,12-13,21H2,1H3,(H,23,24)/t16-,17-/m0/s1. The van der Waals surface area contributed by atoms with E-state index in [9.17, 15) is 14.4 Å². The molecule has 0 saturated heterocycles. The number of nitrogens with two attached hydrogens (primary N) is 1. The van der Waals surface area contributed by atoms with Gasteiger partial charge in [0.05, 0.1) is 19.6 Å². The third-order valence-electron chi connectivity index (χ3n) is 4.04. The van der Waals surface area contributed by atoms with Gasteiger partial charge in [-0.2, -0.15) is 0 Å². The summed E-state index contributed by atoms with van der Waals surface area (Å²) in [6, 6.07) is 15.4. The van der Waals surface area contributed by atoms with Gasteiger partial charge in [-0.15, -0.1) is 0 Å². The first-order valence-corrected chi connectivity index (χ1v) is 8.41. The van der Waals surface area contributed by atoms with E-state index in [0.717, 1.165) is 5.56 Å². The van der Waals surface area contributed by atoms with E-state index in [1.807, 2.05) is 30.3 Å². The molecule has 1 amide bonds. The summed E-state index contributed by atoms with van der Waals surface area (Å²) < 4.78 is 4.91. The minimum atomic E-state index is -1.29. The van der Waals surface area contributed by atoms with Crippen LogP contribution in [0.25, 0.3) is 0 Å². The van der Waals surface area contributed by atoms with Gasteiger partial charge in [0.1, 0.15) is 6.04 Å². The van der Waals surface area contributed by atoms with E-state index in [4.69, 9.17) is 15.6 Å². The van der Waals surface area contributed by atoms with Gasteiger partial charge in [0.2, 0.25) is 5.91 Å². The monoisotopic (exact) mass is 370 g/mol. The van der Waals surface area contributed by atoms with Crippen molar-refractivity contribution in [3.8, 4) is 0 Å². The van der Waals surface area contributed by atoms with Crippen LogP contribution in [0.4, 0.5) is 5.69 Å². The number of methoxy groups -OCH3 is 1. The molecule has 0 fully saturated rings. The molecule has 2 atom stereocenters. The van der Waals surface area contributed by atoms with Crippen molar-refractivity contribution in [1.29, 1.82) is 0 Å². The van der Waals surface area contributed by atoms with Crippen LogP contribution in [0.15, 0.2) is 60.7 Å². The molecule has 0 bridgehead atoms. The Kier molecular flexibility index (Phi) is 7.08. The van der Waals surface area contributed by atoms with Gasteiger partial charge in [-0.1, -0.05) is 48.5 Å². The van der Waals surface area contributed by atoms with Crippen LogP contribution in [-0.4, -0.2) is 42.1 Å². The predicted octanol–water partition coefficient (Wildman–Crippen LogP) is 1.61. The largest absolute Gasteiger partial charge is 0.481 e. The molecule has 27 heavy (non-hydrogen) atoms. The van der Waals surface area contributed by atoms with E-state index >= 15 is 0 Å². The number of carboxylic acid groups (broad SMARTS) is 1. The molecule has 0 saturated carbocycles. The van der Waals surface area contributed by atoms with E-state index in [-0.39, 0.29) is 6.42 Å². The number of amides is 1. The first-order valence-electron chi connectivity index (χ1n) is 8.41. The fraction of sp³-hybridized carbons (Fsp3) is 0.250. The van der Waals surface area contributed by atoms with Gasteiger partial charge < -0.3 is 15.6 Å². The zero-order valence-corrected chi connectivity index (χ0v) is 14.9. The average molecular weight is 370 g/mol. The quantitative estimate of drug-likeness (QED) is 0.683. The number of anilines is 1. The van der Waals surface area contributed by atoms with Crippen LogP contribution in [0.3, 0.4) is 0 Å². The number of carbonyl (C=O) groups excluding carboxylic acids is 2. The van der Waals surface area contributed by atoms with E-state index in [2.05, 4.69) is 0 Å². The number of hydrogen-bond donors (Lipinski definition) is 2. The van der Waals surface area contributed by atoms with Gasteiger partial charge in [0.25, 0.3) is 0 Å². The number of para-hydroxylation sites is 1. The lowest BCUT2D eigenvalue weighted by atomic mass is 10.0. The maximum Gasteiger partial charge on any atom is 0.329 e. The first-order chi connectivity index (χ1) is 12.9. The molecule has 2 aromatic rings. The number of carbonyl (C=O) groups is 3. The lowest BCUT2D eigenvalue weighted by Crippen LogP contribution is -2.53. The van der Waals surface area contributed by atoms with Crippen LogP contribution >= 0.6 is 0 Å². The lowest BCUT2D eigenvalue weighted by molar-refractivity contribution is -0.143. The molecule has 7 heteroatoms. The van der Waals surface area contributed by atoms with E-state index in [1.165, 1.54) is 12.0 Å². The topological polar surface area (TPSA) is 110 Å². The molecular weight excluding hydrogens is 348 g/mol. The minimum absolute atomic E-state index is 0.202. The predicted molar refractivity (Wildman–Crippen MR) is 100 cm³/mol. The second-order valence-electron chi connectivity index (χ2n) is 5.98. The van der Waals surface area contributed by atoms with Crippen molar-refractivity contribution in [2.75, 3.05) is 12.0 Å². The normalized spacial score (nSPS) is 12.7. The Bertz CT molecular complexity index is 779. The Morgan fingerprint density at radius 1 is 1.04 bits per heavy atom. The average Bonchev–Trinajstić information content (AvgIpc) is 2.67. The Morgan fingerprint density at radius 2 is 1.59 bits per heavy atom. The lowest BCUT2D eigenvalue weighted by Gasteiger charge is -2.32. The van der Waals surface area contributed by atoms with Crippen molar-refractivity contribution in [2.24, 2.45) is 5.73 Å². The molecule has 2 aromatic carbocycles. The molecule has 0 heterocycles. The zero-order valence-electron chi connectivity index (χ0n) is 14.9. The number of carboxylic acids is 1. The molecule has 3 N–H and O–H groups in total. The van der Waals surface area contributed by atoms with Crippen LogP contribution in [-0.2, 0) is 25.5 Å². The number of hydrogen-bond acceptors (Lipinski definition) is 5. The Labute approximate surface area is 157 Å². The second-order valence-corrected chi connectivity index (χ2v) is 5.98. The molecule has 0 unspecified atom stereocenters. The van der Waals surface area contributed by atoms with Gasteiger partial charge in [-0.25, -0.2) is 4.79 Å². The Morgan fingerprint density at radius 3 is 2.11 bits per heavy atom. The van der Waals surface area contributed by atoms with Gasteiger partial charge in [-0.3, -0.25) is 14.5 Å². The zero-order chi connectivity index (χ0) is 19.8. The summed E-state index contributed by atoms with van der Waals surface area (Å²) >= 11 is 0. The van der Waals surface area contributed by atoms with Crippen molar-refractivity contribution in [2.45, 2.75) is 24.9 Å². The summed E-state index contributed by atoms with van der Waals surface area (Å²) in [6.07, 6.45) is -0.338. The van der Waals surface area contributed by atoms with Crippen molar-refractivity contribution >= 4 is 23.5 Å². The molecule has 0 spiro atoms. The number of nitrogens with zero attached hydrogens (tertiary/aromatic N) is 1. The molecule has 0 aliphatic rings. The van der Waals surface area contributed by atoms with Gasteiger partial charge in [0.15, 0.2) is 0 Å². The van der Waals surface area contributed by atoms with Crippen molar-refractivity contribution < 1.29 is 24.2 Å². The highest BCUT2D eigenvalue weighted by Gasteiger charge is 2.35. The highest BCUT2D eigenvalue weighted by Crippen LogP contribution is 2.22. The summed E-state index contributed by atoms with van der Waals surface area (Å²) in [5.41, 5.74) is 7.07. The fourth-order valence-electron chi connectivity index (χ4n) is 2.76. The molecule has 0 radical (unpaired) electrons. The first kappa shape index (κ1) is 20.1. The Balaban J connectivity index is 2.45. The van der Waals surface area contributed by atoms with Gasteiger partial charge in [-0.05, 0) is 17.7 Å². The summed E-state index contributed by atoms with van der Waals surface area (Å²) in [6.45, 7) is 0. The number of esters is 1. The van der Waals surface area contributed by atoms with E-state index < -0.39 is 36.4 Å². The number of benzene rings is 2. The maximum atomic E-state index is 13.0. The highest BCUT2D eigenvalue weighted by atomic mass is 16.5. The molecule has 2 rings (SSSR count). The molecule has 0 aliphatic heterocycles. The SMILES string of the molecule is COC(=O)[C@H](Cc1ccccc1)N(C(=O)[C@@H](N)CC(=O)O)c1ccccc1. The molecular formula is C20H22N2O5. The summed E-state index contributed by atoms with van der Waals surface area (Å²) in [5.74, 6) is -2.46. The van der Waals surface area contributed by atoms with E-state index in [1.54, 1.807) is 30.3 Å². The minimum Gasteiger partial charge on any atom is -0.481 e. The highest BCUT2D eigenvalue weighted by molar-refractivity contribution is 6.03. The molecule has 142 valence electrons. The number of ether oxygens (including phenoxy) is 1. The maximum absolute atomic E-state index is 13.0. The smallest absolute Gasteiger partial charge is 0.329 e. The fourth-order valence-corrected chi connectivity index (χ4v) is 2.76. The van der Waals surface area contributed by atoms with Gasteiger partial charge in [0, 0.05) is 12.1 Å². The van der Waals surface area contributed by atoms with Crippen LogP contribution in [0.2, 0.25) is 0 Å². The van der Waals surface area contributed by atoms with Gasteiger partial charge >= 0.3 is 11.9 Å². The molecule has 0 aliphatic carbocycles. The van der Waals surface area contributed by atoms with Crippen molar-refractivity contribution in [3.05, 3.63) is 66.2 Å². The summed E-state index contributed by atoms with van der Waals surface area (Å²) in [7, 11) is 1.24. The third-order valence-corrected chi connectivity index (χ3v) is 4.04.